The van der Waals surface area contributed by atoms with Crippen LogP contribution in [-0.2, 0) is 9.22 Å². The Bertz CT molecular complexity index is 540. The van der Waals surface area contributed by atoms with Gasteiger partial charge in [-0.15, -0.1) is 0 Å². The van der Waals surface area contributed by atoms with Gasteiger partial charge in [-0.25, -0.2) is 0 Å². The predicted molar refractivity (Wildman–Crippen MR) is 121 cm³/mol. The summed E-state index contributed by atoms with van der Waals surface area (Å²) >= 11 is 7.11. The first-order valence-corrected chi connectivity index (χ1v) is 14.4. The van der Waals surface area contributed by atoms with Crippen LogP contribution in [0.5, 0.6) is 0 Å². The summed E-state index contributed by atoms with van der Waals surface area (Å²) in [4.78, 5) is 15.1. The summed E-state index contributed by atoms with van der Waals surface area (Å²) in [5.74, 6) is 1.74. The summed E-state index contributed by atoms with van der Waals surface area (Å²) in [6, 6.07) is 0.198. The summed E-state index contributed by atoms with van der Waals surface area (Å²) in [6.45, 7) is 19.6. The number of thioether (sulfide) groups is 1. The lowest BCUT2D eigenvalue weighted by Crippen LogP contribution is -2.48. The molecule has 3 atom stereocenters. The van der Waals surface area contributed by atoms with Crippen LogP contribution in [0.3, 0.4) is 0 Å². The van der Waals surface area contributed by atoms with E-state index in [4.69, 9.17) is 16.6 Å². The molecule has 0 unspecified atom stereocenters. The number of thiocarbonyl (C=S) groups is 1. The quantitative estimate of drug-likeness (QED) is 0.288. The second-order valence-electron chi connectivity index (χ2n) is 9.21. The van der Waals surface area contributed by atoms with Crippen LogP contribution < -0.4 is 0 Å². The minimum atomic E-state index is -1.79. The van der Waals surface area contributed by atoms with E-state index in [0.717, 1.165) is 10.1 Å². The third-order valence-electron chi connectivity index (χ3n) is 5.28. The molecule has 0 spiro atoms. The molecule has 0 N–H and O–H groups in total. The van der Waals surface area contributed by atoms with Crippen molar-refractivity contribution in [3.63, 3.8) is 0 Å². The van der Waals surface area contributed by atoms with Gasteiger partial charge in [0.1, 0.15) is 4.32 Å². The van der Waals surface area contributed by atoms with Crippen LogP contribution in [0.2, 0.25) is 19.6 Å². The van der Waals surface area contributed by atoms with Crippen molar-refractivity contribution in [2.75, 3.05) is 5.75 Å². The van der Waals surface area contributed by atoms with Crippen molar-refractivity contribution < 1.29 is 9.22 Å². The van der Waals surface area contributed by atoms with Crippen molar-refractivity contribution >= 4 is 42.5 Å². The Labute approximate surface area is 171 Å². The Morgan fingerprint density at radius 3 is 2.42 bits per heavy atom. The monoisotopic (exact) mass is 415 g/mol. The number of amides is 1. The molecular formula is C20H37NO2S2Si. The average Bonchev–Trinajstić information content (AvgIpc) is 2.87. The number of carbonyl (C=O) groups excluding carboxylic acids is 1. The van der Waals surface area contributed by atoms with Gasteiger partial charge in [-0.2, -0.15) is 0 Å². The highest BCUT2D eigenvalue weighted by atomic mass is 32.2. The molecule has 0 bridgehead atoms. The number of carbonyl (C=O) groups is 1. The second kappa shape index (κ2) is 9.35. The molecule has 1 fully saturated rings. The Balaban J connectivity index is 3.08. The van der Waals surface area contributed by atoms with Crippen LogP contribution >= 0.6 is 24.0 Å². The minimum absolute atomic E-state index is 0.114. The lowest BCUT2D eigenvalue weighted by molar-refractivity contribution is -0.132. The van der Waals surface area contributed by atoms with Gasteiger partial charge in [0.2, 0.25) is 5.91 Å². The van der Waals surface area contributed by atoms with Crippen molar-refractivity contribution in [2.24, 2.45) is 17.3 Å². The largest absolute Gasteiger partial charge is 0.414 e. The van der Waals surface area contributed by atoms with E-state index in [1.54, 1.807) is 11.8 Å². The van der Waals surface area contributed by atoms with E-state index in [2.05, 4.69) is 66.4 Å². The summed E-state index contributed by atoms with van der Waals surface area (Å²) in [5.41, 5.74) is -0.135. The van der Waals surface area contributed by atoms with Crippen LogP contribution in [0.15, 0.2) is 12.2 Å². The highest BCUT2D eigenvalue weighted by Crippen LogP contribution is 2.38. The molecule has 1 amide bonds. The van der Waals surface area contributed by atoms with E-state index < -0.39 is 8.32 Å². The molecule has 0 aromatic rings. The fourth-order valence-electron chi connectivity index (χ4n) is 3.18. The number of rotatable bonds is 8. The molecule has 0 saturated carbocycles. The first-order valence-electron chi connectivity index (χ1n) is 9.60. The average molecular weight is 416 g/mol. The van der Waals surface area contributed by atoms with Gasteiger partial charge in [0.15, 0.2) is 8.32 Å². The molecule has 0 aliphatic carbocycles. The maximum Gasteiger partial charge on any atom is 0.230 e. The standard InChI is InChI=1S/C20H37NO2S2Si/c1-10-11-15(4)20(5,6)17(23-26(7,8)9)12-18(22)21-16(14(2)3)13-25-19(21)24/h10-11,14-17H,12-13H2,1-9H3/b11-10+/t15-,16-,17-/m0/s1. The highest BCUT2D eigenvalue weighted by molar-refractivity contribution is 8.23. The van der Waals surface area contributed by atoms with Crippen LogP contribution in [0.1, 0.15) is 48.0 Å². The third-order valence-corrected chi connectivity index (χ3v) is 7.78. The summed E-state index contributed by atoms with van der Waals surface area (Å²) < 4.78 is 7.26. The van der Waals surface area contributed by atoms with Gasteiger partial charge in [0.05, 0.1) is 12.5 Å². The van der Waals surface area contributed by atoms with Gasteiger partial charge >= 0.3 is 0 Å². The number of hydrogen-bond acceptors (Lipinski definition) is 4. The SMILES string of the molecule is C/C=C/[C@H](C)C(C)(C)[C@H](CC(=O)N1C(=S)SC[C@H]1C(C)C)O[Si](C)(C)C. The summed E-state index contributed by atoms with van der Waals surface area (Å²) in [5, 5.41) is 0. The fourth-order valence-corrected chi connectivity index (χ4v) is 6.09. The Morgan fingerprint density at radius 1 is 1.38 bits per heavy atom. The van der Waals surface area contributed by atoms with Gasteiger partial charge in [-0.3, -0.25) is 9.69 Å². The molecule has 150 valence electrons. The van der Waals surface area contributed by atoms with Crippen LogP contribution in [-0.4, -0.2) is 41.3 Å². The molecule has 26 heavy (non-hydrogen) atoms. The van der Waals surface area contributed by atoms with Crippen molar-refractivity contribution in [2.45, 2.75) is 79.8 Å². The minimum Gasteiger partial charge on any atom is -0.414 e. The molecule has 0 aromatic heterocycles. The van der Waals surface area contributed by atoms with E-state index in [1.165, 1.54) is 0 Å². The van der Waals surface area contributed by atoms with E-state index in [1.807, 2.05) is 11.8 Å². The zero-order valence-electron chi connectivity index (χ0n) is 18.0. The topological polar surface area (TPSA) is 29.5 Å². The molecule has 1 aliphatic rings. The number of allylic oxidation sites excluding steroid dienone is 2. The Hall–Kier alpha value is -0.173. The first-order chi connectivity index (χ1) is 11.8. The fraction of sp³-hybridized carbons (Fsp3) is 0.800. The molecule has 0 radical (unpaired) electrons. The van der Waals surface area contributed by atoms with Gasteiger partial charge in [0, 0.05) is 11.8 Å². The van der Waals surface area contributed by atoms with E-state index in [0.29, 0.717) is 18.3 Å². The number of nitrogens with zero attached hydrogens (tertiary/aromatic N) is 1. The third kappa shape index (κ3) is 6.18. The lowest BCUT2D eigenvalue weighted by atomic mass is 9.74. The zero-order chi connectivity index (χ0) is 20.3. The van der Waals surface area contributed by atoms with Crippen LogP contribution in [0.4, 0.5) is 0 Å². The van der Waals surface area contributed by atoms with Crippen molar-refractivity contribution in [1.82, 2.24) is 4.90 Å². The van der Waals surface area contributed by atoms with Crippen LogP contribution in [0, 0.1) is 17.3 Å². The first kappa shape index (κ1) is 23.9. The van der Waals surface area contributed by atoms with Gasteiger partial charge in [-0.1, -0.05) is 70.8 Å². The smallest absolute Gasteiger partial charge is 0.230 e. The molecular weight excluding hydrogens is 378 g/mol. The maximum absolute atomic E-state index is 13.2. The van der Waals surface area contributed by atoms with Crippen molar-refractivity contribution in [3.05, 3.63) is 12.2 Å². The van der Waals surface area contributed by atoms with Crippen molar-refractivity contribution in [3.8, 4) is 0 Å². The summed E-state index contributed by atoms with van der Waals surface area (Å²) in [7, 11) is -1.79. The molecule has 6 heteroatoms. The molecule has 1 heterocycles. The Morgan fingerprint density at radius 2 is 1.96 bits per heavy atom. The van der Waals surface area contributed by atoms with Crippen molar-refractivity contribution in [1.29, 1.82) is 0 Å². The predicted octanol–water partition coefficient (Wildman–Crippen LogP) is 5.72. The van der Waals surface area contributed by atoms with E-state index >= 15 is 0 Å². The summed E-state index contributed by atoms with van der Waals surface area (Å²) in [6.07, 6.45) is 4.57. The van der Waals surface area contributed by atoms with Crippen LogP contribution in [0.25, 0.3) is 0 Å². The molecule has 1 saturated heterocycles. The Kier molecular flexibility index (Phi) is 8.58. The lowest BCUT2D eigenvalue weighted by Gasteiger charge is -2.42. The van der Waals surface area contributed by atoms with Gasteiger partial charge in [-0.05, 0) is 43.8 Å². The number of hydrogen-bond donors (Lipinski definition) is 0. The molecule has 1 aliphatic heterocycles. The second-order valence-corrected chi connectivity index (χ2v) is 15.3. The van der Waals surface area contributed by atoms with E-state index in [9.17, 15) is 4.79 Å². The normalized spacial score (nSPS) is 21.7. The molecule has 1 rings (SSSR count). The zero-order valence-corrected chi connectivity index (χ0v) is 20.6. The van der Waals surface area contributed by atoms with Gasteiger partial charge < -0.3 is 4.43 Å². The maximum atomic E-state index is 13.2. The molecule has 0 aromatic carbocycles. The molecule has 3 nitrogen and oxygen atoms in total. The highest BCUT2D eigenvalue weighted by Gasteiger charge is 2.42. The van der Waals surface area contributed by atoms with E-state index in [-0.39, 0.29) is 23.5 Å². The van der Waals surface area contributed by atoms with Gasteiger partial charge in [0.25, 0.3) is 0 Å².